The summed E-state index contributed by atoms with van der Waals surface area (Å²) in [5, 5.41) is 5.33. The highest BCUT2D eigenvalue weighted by molar-refractivity contribution is 7.15. The third-order valence-electron chi connectivity index (χ3n) is 2.69. The smallest absolute Gasteiger partial charge is 0.237 e. The summed E-state index contributed by atoms with van der Waals surface area (Å²) < 4.78 is 12.6. The quantitative estimate of drug-likeness (QED) is 0.767. The summed E-state index contributed by atoms with van der Waals surface area (Å²) in [4.78, 5) is 5.35. The van der Waals surface area contributed by atoms with Gasteiger partial charge in [-0.15, -0.1) is 11.3 Å². The fraction of sp³-hybridized carbons (Fsp3) is 0.250. The van der Waals surface area contributed by atoms with Gasteiger partial charge in [-0.1, -0.05) is 0 Å². The number of thiazole rings is 1. The number of ether oxygens (including phenoxy) is 1. The number of fused-ring (bicyclic) bond motifs is 1. The number of nitrogens with zero attached hydrogens (tertiary/aromatic N) is 2. The SMILES string of the molecule is COc1nc2sccn2c1CNCc1ccco1. The minimum Gasteiger partial charge on any atom is -0.480 e. The molecule has 3 heterocycles. The fourth-order valence-electron chi connectivity index (χ4n) is 1.85. The van der Waals surface area contributed by atoms with Crippen LogP contribution in [0.1, 0.15) is 11.5 Å². The van der Waals surface area contributed by atoms with Crippen molar-refractivity contribution in [2.45, 2.75) is 13.1 Å². The van der Waals surface area contributed by atoms with Crippen LogP contribution >= 0.6 is 11.3 Å². The van der Waals surface area contributed by atoms with Crippen molar-refractivity contribution in [2.24, 2.45) is 0 Å². The predicted molar refractivity (Wildman–Crippen MR) is 68.9 cm³/mol. The minimum atomic E-state index is 0.675. The molecule has 0 saturated carbocycles. The van der Waals surface area contributed by atoms with E-state index in [0.717, 1.165) is 16.4 Å². The molecular weight excluding hydrogens is 250 g/mol. The van der Waals surface area contributed by atoms with E-state index in [1.165, 1.54) is 0 Å². The van der Waals surface area contributed by atoms with Gasteiger partial charge in [0.15, 0.2) is 4.96 Å². The summed E-state index contributed by atoms with van der Waals surface area (Å²) >= 11 is 1.59. The third kappa shape index (κ3) is 2.00. The van der Waals surface area contributed by atoms with Crippen LogP contribution in [0, 0.1) is 0 Å². The number of hydrogen-bond acceptors (Lipinski definition) is 5. The van der Waals surface area contributed by atoms with E-state index in [0.29, 0.717) is 19.0 Å². The minimum absolute atomic E-state index is 0.675. The Hall–Kier alpha value is -1.79. The molecule has 3 rings (SSSR count). The number of rotatable bonds is 5. The lowest BCUT2D eigenvalue weighted by molar-refractivity contribution is 0.391. The molecule has 3 aromatic heterocycles. The van der Waals surface area contributed by atoms with Crippen LogP contribution in [0.4, 0.5) is 0 Å². The molecule has 0 saturated heterocycles. The zero-order valence-electron chi connectivity index (χ0n) is 9.92. The van der Waals surface area contributed by atoms with Crippen molar-refractivity contribution in [2.75, 3.05) is 7.11 Å². The Morgan fingerprint density at radius 3 is 3.22 bits per heavy atom. The lowest BCUT2D eigenvalue weighted by atomic mass is 10.4. The van der Waals surface area contributed by atoms with Gasteiger partial charge in [0, 0.05) is 18.1 Å². The molecule has 0 aliphatic carbocycles. The van der Waals surface area contributed by atoms with Crippen molar-refractivity contribution in [3.05, 3.63) is 41.4 Å². The molecule has 0 amide bonds. The van der Waals surface area contributed by atoms with E-state index >= 15 is 0 Å². The number of hydrogen-bond donors (Lipinski definition) is 1. The molecule has 0 aliphatic heterocycles. The summed E-state index contributed by atoms with van der Waals surface area (Å²) in [6.45, 7) is 1.37. The first kappa shape index (κ1) is 11.3. The van der Waals surface area contributed by atoms with Gasteiger partial charge < -0.3 is 14.5 Å². The molecule has 5 nitrogen and oxygen atoms in total. The first-order valence-corrected chi connectivity index (χ1v) is 6.48. The van der Waals surface area contributed by atoms with E-state index in [-0.39, 0.29) is 0 Å². The van der Waals surface area contributed by atoms with E-state index in [9.17, 15) is 0 Å². The standard InChI is InChI=1S/C12H13N3O2S/c1-16-11-10(15-4-6-18-12(15)14-11)8-13-7-9-3-2-5-17-9/h2-6,13H,7-8H2,1H3. The fourth-order valence-corrected chi connectivity index (χ4v) is 2.58. The van der Waals surface area contributed by atoms with E-state index in [1.54, 1.807) is 24.7 Å². The summed E-state index contributed by atoms with van der Waals surface area (Å²) in [5.41, 5.74) is 1.03. The van der Waals surface area contributed by atoms with Crippen LogP contribution in [0.3, 0.4) is 0 Å². The topological polar surface area (TPSA) is 51.7 Å². The highest BCUT2D eigenvalue weighted by Gasteiger charge is 2.13. The Balaban J connectivity index is 1.74. The largest absolute Gasteiger partial charge is 0.480 e. The predicted octanol–water partition coefficient (Wildman–Crippen LogP) is 2.29. The summed E-state index contributed by atoms with van der Waals surface area (Å²) in [7, 11) is 1.64. The van der Waals surface area contributed by atoms with E-state index in [1.807, 2.05) is 28.1 Å². The van der Waals surface area contributed by atoms with Gasteiger partial charge in [0.05, 0.1) is 19.9 Å². The number of imidazole rings is 1. The number of furan rings is 1. The molecular formula is C12H13N3O2S. The molecule has 0 aromatic carbocycles. The number of methoxy groups -OCH3 is 1. The molecule has 3 aromatic rings. The Labute approximate surface area is 108 Å². The van der Waals surface area contributed by atoms with Gasteiger partial charge in [-0.2, -0.15) is 4.98 Å². The molecule has 0 aliphatic rings. The molecule has 0 radical (unpaired) electrons. The van der Waals surface area contributed by atoms with Crippen molar-refractivity contribution < 1.29 is 9.15 Å². The van der Waals surface area contributed by atoms with E-state index in [4.69, 9.17) is 9.15 Å². The lowest BCUT2D eigenvalue weighted by Crippen LogP contribution is -2.14. The second-order valence-corrected chi connectivity index (χ2v) is 4.68. The van der Waals surface area contributed by atoms with E-state index < -0.39 is 0 Å². The van der Waals surface area contributed by atoms with Gasteiger partial charge in [-0.3, -0.25) is 4.40 Å². The Bertz CT molecular complexity index is 627. The van der Waals surface area contributed by atoms with Crippen LogP contribution in [-0.2, 0) is 13.1 Å². The van der Waals surface area contributed by atoms with Crippen molar-refractivity contribution in [3.8, 4) is 5.88 Å². The highest BCUT2D eigenvalue weighted by atomic mass is 32.1. The van der Waals surface area contributed by atoms with Crippen LogP contribution in [0.2, 0.25) is 0 Å². The Morgan fingerprint density at radius 2 is 2.44 bits per heavy atom. The van der Waals surface area contributed by atoms with Crippen LogP contribution in [0.15, 0.2) is 34.4 Å². The van der Waals surface area contributed by atoms with Crippen LogP contribution in [0.25, 0.3) is 4.96 Å². The van der Waals surface area contributed by atoms with Crippen molar-refractivity contribution in [3.63, 3.8) is 0 Å². The third-order valence-corrected chi connectivity index (χ3v) is 3.45. The van der Waals surface area contributed by atoms with Gasteiger partial charge in [0.1, 0.15) is 11.5 Å². The maximum absolute atomic E-state index is 5.29. The van der Waals surface area contributed by atoms with Gasteiger partial charge in [-0.25, -0.2) is 0 Å². The Kier molecular flexibility index (Phi) is 3.04. The molecule has 94 valence electrons. The average molecular weight is 263 g/mol. The maximum atomic E-state index is 5.29. The van der Waals surface area contributed by atoms with Crippen molar-refractivity contribution >= 4 is 16.3 Å². The summed E-state index contributed by atoms with van der Waals surface area (Å²) in [6.07, 6.45) is 3.67. The summed E-state index contributed by atoms with van der Waals surface area (Å²) in [6, 6.07) is 3.83. The zero-order chi connectivity index (χ0) is 12.4. The lowest BCUT2D eigenvalue weighted by Gasteiger charge is -2.04. The molecule has 0 fully saturated rings. The van der Waals surface area contributed by atoms with Crippen molar-refractivity contribution in [1.82, 2.24) is 14.7 Å². The van der Waals surface area contributed by atoms with Gasteiger partial charge >= 0.3 is 0 Å². The number of aromatic nitrogens is 2. The molecule has 18 heavy (non-hydrogen) atoms. The monoisotopic (exact) mass is 263 g/mol. The molecule has 0 atom stereocenters. The number of nitrogens with one attached hydrogen (secondary N) is 1. The normalized spacial score (nSPS) is 11.2. The summed E-state index contributed by atoms with van der Waals surface area (Å²) in [5.74, 6) is 1.59. The van der Waals surface area contributed by atoms with Crippen LogP contribution in [0.5, 0.6) is 5.88 Å². The first-order valence-electron chi connectivity index (χ1n) is 5.60. The van der Waals surface area contributed by atoms with Crippen LogP contribution in [-0.4, -0.2) is 16.5 Å². The Morgan fingerprint density at radius 1 is 1.50 bits per heavy atom. The van der Waals surface area contributed by atoms with Gasteiger partial charge in [0.25, 0.3) is 0 Å². The van der Waals surface area contributed by atoms with Gasteiger partial charge in [0.2, 0.25) is 5.88 Å². The molecule has 0 spiro atoms. The van der Waals surface area contributed by atoms with Crippen molar-refractivity contribution in [1.29, 1.82) is 0 Å². The van der Waals surface area contributed by atoms with Gasteiger partial charge in [-0.05, 0) is 12.1 Å². The molecule has 0 unspecified atom stereocenters. The second-order valence-electron chi connectivity index (χ2n) is 3.81. The highest BCUT2D eigenvalue weighted by Crippen LogP contribution is 2.22. The molecule has 1 N–H and O–H groups in total. The first-order chi connectivity index (χ1) is 8.88. The zero-order valence-corrected chi connectivity index (χ0v) is 10.7. The average Bonchev–Trinajstić information content (AvgIpc) is 3.06. The maximum Gasteiger partial charge on any atom is 0.237 e. The second kappa shape index (κ2) is 4.83. The van der Waals surface area contributed by atoms with Crippen LogP contribution < -0.4 is 10.1 Å². The van der Waals surface area contributed by atoms with E-state index in [2.05, 4.69) is 10.3 Å². The molecule has 6 heteroatoms. The molecule has 0 bridgehead atoms.